The number of carboxylic acids is 2. The fraction of sp³-hybridized carbons (Fsp3) is 0.429. The van der Waals surface area contributed by atoms with Gasteiger partial charge in [0.2, 0.25) is 5.91 Å². The van der Waals surface area contributed by atoms with Crippen LogP contribution < -0.4 is 14.8 Å². The molecule has 0 spiro atoms. The predicted octanol–water partition coefficient (Wildman–Crippen LogP) is 3.51. The van der Waals surface area contributed by atoms with Gasteiger partial charge in [0.15, 0.2) is 17.2 Å². The average Bonchev–Trinajstić information content (AvgIpc) is 2.68. The first-order valence-corrected chi connectivity index (χ1v) is 9.60. The number of anilines is 1. The maximum absolute atomic E-state index is 12.3. The highest BCUT2D eigenvalue weighted by Crippen LogP contribution is 2.46. The van der Waals surface area contributed by atoms with E-state index < -0.39 is 17.8 Å². The maximum Gasteiger partial charge on any atom is 0.354 e. The number of benzene rings is 1. The molecular formula is C21H26N2O7. The zero-order valence-electron chi connectivity index (χ0n) is 17.7. The van der Waals surface area contributed by atoms with Crippen molar-refractivity contribution < 1.29 is 34.1 Å². The van der Waals surface area contributed by atoms with Gasteiger partial charge in [-0.2, -0.15) is 0 Å². The van der Waals surface area contributed by atoms with E-state index in [1.807, 2.05) is 13.8 Å². The highest BCUT2D eigenvalue weighted by molar-refractivity contribution is 6.16. The molecule has 1 aromatic carbocycles. The van der Waals surface area contributed by atoms with Crippen LogP contribution in [0.15, 0.2) is 0 Å². The third kappa shape index (κ3) is 4.00. The molecule has 0 saturated carbocycles. The zero-order chi connectivity index (χ0) is 22.6. The molecule has 1 aromatic heterocycles. The highest BCUT2D eigenvalue weighted by atomic mass is 16.5. The summed E-state index contributed by atoms with van der Waals surface area (Å²) in [5.74, 6) is -2.66. The number of aromatic carboxylic acids is 2. The molecule has 162 valence electrons. The number of hydrogen-bond donors (Lipinski definition) is 3. The minimum absolute atomic E-state index is 0.00704. The van der Waals surface area contributed by atoms with E-state index >= 15 is 0 Å². The lowest BCUT2D eigenvalue weighted by Gasteiger charge is -2.22. The quantitative estimate of drug-likeness (QED) is 0.563. The summed E-state index contributed by atoms with van der Waals surface area (Å²) in [5.41, 5.74) is 0.352. The molecule has 0 aliphatic carbocycles. The van der Waals surface area contributed by atoms with Crippen molar-refractivity contribution >= 4 is 34.4 Å². The van der Waals surface area contributed by atoms with Crippen LogP contribution in [0, 0.1) is 0 Å². The predicted molar refractivity (Wildman–Crippen MR) is 111 cm³/mol. The Hall–Kier alpha value is -3.36. The number of aromatic nitrogens is 1. The Bertz CT molecular complexity index is 1010. The first-order valence-electron chi connectivity index (χ1n) is 9.60. The van der Waals surface area contributed by atoms with Gasteiger partial charge in [0.25, 0.3) is 0 Å². The molecule has 0 aliphatic rings. The third-order valence-corrected chi connectivity index (χ3v) is 4.67. The first-order chi connectivity index (χ1) is 14.2. The van der Waals surface area contributed by atoms with Crippen molar-refractivity contribution in [3.63, 3.8) is 0 Å². The molecule has 0 aliphatic heterocycles. The number of carbonyl (C=O) groups is 3. The summed E-state index contributed by atoms with van der Waals surface area (Å²) < 4.78 is 11.0. The lowest BCUT2D eigenvalue weighted by Crippen LogP contribution is -2.17. The summed E-state index contributed by atoms with van der Waals surface area (Å²) in [6, 6.07) is 0. The topological polar surface area (TPSA) is 135 Å². The molecule has 2 aromatic rings. The van der Waals surface area contributed by atoms with E-state index in [1.165, 1.54) is 21.1 Å². The summed E-state index contributed by atoms with van der Waals surface area (Å²) in [7, 11) is 2.79. The Balaban J connectivity index is 3.28. The molecule has 0 bridgehead atoms. The van der Waals surface area contributed by atoms with Crippen LogP contribution >= 0.6 is 0 Å². The smallest absolute Gasteiger partial charge is 0.354 e. The van der Waals surface area contributed by atoms with E-state index in [0.717, 1.165) is 0 Å². The van der Waals surface area contributed by atoms with Gasteiger partial charge in [-0.1, -0.05) is 26.7 Å². The Kier molecular flexibility index (Phi) is 7.20. The molecule has 3 N–H and O–H groups in total. The van der Waals surface area contributed by atoms with Crippen LogP contribution in [0.5, 0.6) is 11.5 Å². The van der Waals surface area contributed by atoms with Crippen molar-refractivity contribution in [2.45, 2.75) is 46.5 Å². The van der Waals surface area contributed by atoms with E-state index in [2.05, 4.69) is 10.3 Å². The number of carbonyl (C=O) groups excluding carboxylic acids is 1. The fourth-order valence-electron chi connectivity index (χ4n) is 3.65. The molecule has 9 heteroatoms. The molecule has 0 saturated heterocycles. The number of methoxy groups -OCH3 is 2. The van der Waals surface area contributed by atoms with Crippen LogP contribution in [0.3, 0.4) is 0 Å². The van der Waals surface area contributed by atoms with Crippen LogP contribution in [0.4, 0.5) is 5.69 Å². The minimum Gasteiger partial charge on any atom is -0.492 e. The van der Waals surface area contributed by atoms with Crippen LogP contribution in [-0.2, 0) is 17.6 Å². The van der Waals surface area contributed by atoms with Crippen LogP contribution in [0.25, 0.3) is 10.9 Å². The number of hydrogen-bond acceptors (Lipinski definition) is 6. The number of carboxylic acid groups (broad SMARTS) is 2. The number of fused-ring (bicyclic) bond motifs is 1. The summed E-state index contributed by atoms with van der Waals surface area (Å²) in [4.78, 5) is 40.5. The Morgan fingerprint density at radius 1 is 0.933 bits per heavy atom. The SMILES string of the molecule is CCCc1c(OC)c(OC)c2nc(C(=O)O)c(CCC)c(C(=O)O)c2c1NC(C)=O. The van der Waals surface area contributed by atoms with Crippen molar-refractivity contribution in [3.8, 4) is 11.5 Å². The molecule has 2 rings (SSSR count). The Morgan fingerprint density at radius 3 is 1.93 bits per heavy atom. The number of ether oxygens (including phenoxy) is 2. The fourth-order valence-corrected chi connectivity index (χ4v) is 3.65. The van der Waals surface area contributed by atoms with E-state index in [0.29, 0.717) is 24.8 Å². The second kappa shape index (κ2) is 9.43. The van der Waals surface area contributed by atoms with Gasteiger partial charge in [0.1, 0.15) is 5.52 Å². The summed E-state index contributed by atoms with van der Waals surface area (Å²) in [6.45, 7) is 5.05. The number of pyridine rings is 1. The molecule has 0 unspecified atom stereocenters. The molecular weight excluding hydrogens is 392 g/mol. The van der Waals surface area contributed by atoms with Gasteiger partial charge >= 0.3 is 11.9 Å². The molecule has 30 heavy (non-hydrogen) atoms. The molecule has 0 atom stereocenters. The second-order valence-corrected chi connectivity index (χ2v) is 6.75. The van der Waals surface area contributed by atoms with Crippen LogP contribution in [0.1, 0.15) is 65.6 Å². The van der Waals surface area contributed by atoms with Gasteiger partial charge in [-0.15, -0.1) is 0 Å². The summed E-state index contributed by atoms with van der Waals surface area (Å²) >= 11 is 0. The van der Waals surface area contributed by atoms with Gasteiger partial charge in [-0.3, -0.25) is 4.79 Å². The van der Waals surface area contributed by atoms with E-state index in [1.54, 1.807) is 0 Å². The zero-order valence-corrected chi connectivity index (χ0v) is 17.7. The number of rotatable bonds is 9. The van der Waals surface area contributed by atoms with E-state index in [4.69, 9.17) is 9.47 Å². The van der Waals surface area contributed by atoms with Crippen molar-refractivity contribution in [1.29, 1.82) is 0 Å². The second-order valence-electron chi connectivity index (χ2n) is 6.75. The molecule has 9 nitrogen and oxygen atoms in total. The van der Waals surface area contributed by atoms with Crippen molar-refractivity contribution in [3.05, 3.63) is 22.4 Å². The Labute approximate surface area is 174 Å². The van der Waals surface area contributed by atoms with Crippen molar-refractivity contribution in [1.82, 2.24) is 4.98 Å². The lowest BCUT2D eigenvalue weighted by atomic mass is 9.92. The standard InChI is InChI=1S/C21H26N2O7/c1-6-8-11-13(20(25)26)14-15(22-10(3)24)12(9-7-2)18(29-4)19(30-5)17(14)23-16(11)21(27)28/h6-9H2,1-5H3,(H,22,24)(H,25,26)(H,27,28). The highest BCUT2D eigenvalue weighted by Gasteiger charge is 2.31. The van der Waals surface area contributed by atoms with Gasteiger partial charge in [-0.25, -0.2) is 14.6 Å². The number of nitrogens with zero attached hydrogens (tertiary/aromatic N) is 1. The average molecular weight is 418 g/mol. The maximum atomic E-state index is 12.3. The first kappa shape index (κ1) is 22.9. The molecule has 0 radical (unpaired) electrons. The summed E-state index contributed by atoms with van der Waals surface area (Å²) in [6.07, 6.45) is 1.86. The summed E-state index contributed by atoms with van der Waals surface area (Å²) in [5, 5.41) is 22.6. The van der Waals surface area contributed by atoms with Crippen LogP contribution in [0.2, 0.25) is 0 Å². The van der Waals surface area contributed by atoms with Crippen molar-refractivity contribution in [2.75, 3.05) is 19.5 Å². The van der Waals surface area contributed by atoms with E-state index in [9.17, 15) is 24.6 Å². The minimum atomic E-state index is -1.34. The van der Waals surface area contributed by atoms with Crippen molar-refractivity contribution in [2.24, 2.45) is 0 Å². The molecule has 0 fully saturated rings. The Morgan fingerprint density at radius 2 is 1.50 bits per heavy atom. The molecule has 1 heterocycles. The van der Waals surface area contributed by atoms with Gasteiger partial charge < -0.3 is 25.0 Å². The van der Waals surface area contributed by atoms with Gasteiger partial charge in [-0.05, 0) is 12.8 Å². The number of nitrogens with one attached hydrogen (secondary N) is 1. The van der Waals surface area contributed by atoms with Crippen LogP contribution in [-0.4, -0.2) is 47.3 Å². The van der Waals surface area contributed by atoms with Gasteiger partial charge in [0.05, 0.1) is 25.5 Å². The molecule has 1 amide bonds. The number of amides is 1. The monoisotopic (exact) mass is 418 g/mol. The van der Waals surface area contributed by atoms with Gasteiger partial charge in [0, 0.05) is 23.4 Å². The van der Waals surface area contributed by atoms with E-state index in [-0.39, 0.29) is 51.3 Å². The normalized spacial score (nSPS) is 10.7. The third-order valence-electron chi connectivity index (χ3n) is 4.67. The lowest BCUT2D eigenvalue weighted by molar-refractivity contribution is -0.114. The largest absolute Gasteiger partial charge is 0.492 e.